The van der Waals surface area contributed by atoms with Crippen LogP contribution in [0.3, 0.4) is 0 Å². The van der Waals surface area contributed by atoms with Crippen molar-refractivity contribution >= 4 is 34.6 Å². The molecule has 5 nitrogen and oxygen atoms in total. The number of thiophene rings is 1. The molecular formula is C14H15N3O2S2. The lowest BCUT2D eigenvalue weighted by molar-refractivity contribution is -0.131. The molecule has 1 aliphatic heterocycles. The number of urea groups is 1. The van der Waals surface area contributed by atoms with Gasteiger partial charge in [0.25, 0.3) is 5.91 Å². The van der Waals surface area contributed by atoms with Gasteiger partial charge < -0.3 is 5.32 Å². The first-order valence-electron chi connectivity index (χ1n) is 6.53. The minimum atomic E-state index is -0.966. The van der Waals surface area contributed by atoms with E-state index in [9.17, 15) is 9.59 Å². The Kier molecular flexibility index (Phi) is 3.33. The molecule has 3 amide bonds. The van der Waals surface area contributed by atoms with Crippen LogP contribution in [0, 0.1) is 13.8 Å². The molecule has 110 valence electrons. The first-order valence-corrected chi connectivity index (χ1v) is 8.22. The number of imide groups is 1. The zero-order chi connectivity index (χ0) is 15.2. The van der Waals surface area contributed by atoms with Crippen LogP contribution in [0.1, 0.15) is 27.4 Å². The van der Waals surface area contributed by atoms with E-state index in [1.54, 1.807) is 6.92 Å². The van der Waals surface area contributed by atoms with Gasteiger partial charge in [-0.3, -0.25) is 9.69 Å². The number of hydrogen-bond donors (Lipinski definition) is 1. The molecule has 3 heterocycles. The van der Waals surface area contributed by atoms with E-state index in [2.05, 4.69) is 10.3 Å². The summed E-state index contributed by atoms with van der Waals surface area (Å²) in [5.41, 5.74) is -0.0184. The molecule has 0 aliphatic carbocycles. The number of carbonyl (C=O) groups is 2. The maximum Gasteiger partial charge on any atom is 0.325 e. The molecule has 0 saturated carbocycles. The third-order valence-electron chi connectivity index (χ3n) is 3.66. The molecule has 0 radical (unpaired) electrons. The highest BCUT2D eigenvalue weighted by Gasteiger charge is 2.49. The van der Waals surface area contributed by atoms with Gasteiger partial charge in [-0.15, -0.1) is 22.7 Å². The van der Waals surface area contributed by atoms with Crippen molar-refractivity contribution in [3.63, 3.8) is 0 Å². The van der Waals surface area contributed by atoms with Crippen molar-refractivity contribution in [3.8, 4) is 0 Å². The highest BCUT2D eigenvalue weighted by molar-refractivity contribution is 7.11. The molecule has 0 bridgehead atoms. The number of carbonyl (C=O) groups excluding carboxylic acids is 2. The summed E-state index contributed by atoms with van der Waals surface area (Å²) in [7, 11) is 0. The summed E-state index contributed by atoms with van der Waals surface area (Å²) in [6.45, 7) is 5.89. The molecule has 1 saturated heterocycles. The Bertz CT molecular complexity index is 688. The molecule has 1 atom stereocenters. The molecule has 1 unspecified atom stereocenters. The van der Waals surface area contributed by atoms with E-state index in [0.717, 1.165) is 20.5 Å². The fourth-order valence-electron chi connectivity index (χ4n) is 2.31. The lowest BCUT2D eigenvalue weighted by atomic mass is 10.0. The molecule has 3 rings (SSSR count). The van der Waals surface area contributed by atoms with Crippen molar-refractivity contribution in [3.05, 3.63) is 38.0 Å². The van der Waals surface area contributed by atoms with Crippen LogP contribution >= 0.6 is 22.7 Å². The number of aromatic nitrogens is 1. The van der Waals surface area contributed by atoms with Crippen molar-refractivity contribution in [2.45, 2.75) is 32.9 Å². The van der Waals surface area contributed by atoms with Gasteiger partial charge in [-0.1, -0.05) is 6.07 Å². The monoisotopic (exact) mass is 321 g/mol. The molecule has 1 fully saturated rings. The molecule has 21 heavy (non-hydrogen) atoms. The number of amides is 3. The van der Waals surface area contributed by atoms with Gasteiger partial charge in [0.05, 0.1) is 12.2 Å². The number of rotatable bonds is 3. The van der Waals surface area contributed by atoms with Crippen LogP contribution in [0.4, 0.5) is 4.79 Å². The number of aryl methyl sites for hydroxylation is 2. The average Bonchev–Trinajstić information content (AvgIpc) is 3.10. The summed E-state index contributed by atoms with van der Waals surface area (Å²) in [5.74, 6) is -0.222. The van der Waals surface area contributed by atoms with Gasteiger partial charge in [0, 0.05) is 9.75 Å². The topological polar surface area (TPSA) is 62.3 Å². The number of hydrogen-bond acceptors (Lipinski definition) is 5. The Balaban J connectivity index is 1.87. The van der Waals surface area contributed by atoms with Gasteiger partial charge in [0.1, 0.15) is 5.01 Å². The first kappa shape index (κ1) is 14.2. The van der Waals surface area contributed by atoms with Crippen molar-refractivity contribution in [1.29, 1.82) is 0 Å². The van der Waals surface area contributed by atoms with Gasteiger partial charge in [-0.05, 0) is 32.2 Å². The number of thiazole rings is 1. The van der Waals surface area contributed by atoms with E-state index in [4.69, 9.17) is 0 Å². The Morgan fingerprint density at radius 1 is 1.38 bits per heavy atom. The SMILES string of the molecule is Cc1nc(CN2C(=O)NC(C)(c3cccs3)C2=O)sc1C. The summed E-state index contributed by atoms with van der Waals surface area (Å²) in [4.78, 5) is 32.4. The van der Waals surface area contributed by atoms with Crippen molar-refractivity contribution in [2.24, 2.45) is 0 Å². The molecule has 7 heteroatoms. The molecule has 0 aromatic carbocycles. The maximum atomic E-state index is 12.7. The van der Waals surface area contributed by atoms with Crippen molar-refractivity contribution in [2.75, 3.05) is 0 Å². The predicted molar refractivity (Wildman–Crippen MR) is 82.3 cm³/mol. The second-order valence-corrected chi connectivity index (χ2v) is 7.41. The Hall–Kier alpha value is -1.73. The summed E-state index contributed by atoms with van der Waals surface area (Å²) in [6, 6.07) is 3.38. The smallest absolute Gasteiger partial charge is 0.319 e. The minimum absolute atomic E-state index is 0.222. The van der Waals surface area contributed by atoms with E-state index in [1.165, 1.54) is 27.6 Å². The van der Waals surface area contributed by atoms with Crippen LogP contribution in [0.2, 0.25) is 0 Å². The molecule has 0 spiro atoms. The third kappa shape index (κ3) is 2.26. The molecule has 2 aromatic heterocycles. The molecule has 1 aliphatic rings. The largest absolute Gasteiger partial charge is 0.325 e. The van der Waals surface area contributed by atoms with Crippen LogP contribution < -0.4 is 5.32 Å². The van der Waals surface area contributed by atoms with Crippen LogP contribution in [0.15, 0.2) is 17.5 Å². The highest BCUT2D eigenvalue weighted by Crippen LogP contribution is 2.33. The Labute approximate surface area is 130 Å². The van der Waals surface area contributed by atoms with Gasteiger partial charge >= 0.3 is 6.03 Å². The van der Waals surface area contributed by atoms with Gasteiger partial charge in [-0.2, -0.15) is 0 Å². The quantitative estimate of drug-likeness (QED) is 0.884. The van der Waals surface area contributed by atoms with Crippen LogP contribution in [-0.4, -0.2) is 21.8 Å². The third-order valence-corrected chi connectivity index (χ3v) is 5.80. The van der Waals surface area contributed by atoms with Crippen LogP contribution in [-0.2, 0) is 16.9 Å². The van der Waals surface area contributed by atoms with Crippen molar-refractivity contribution in [1.82, 2.24) is 15.2 Å². The zero-order valence-corrected chi connectivity index (χ0v) is 13.6. The minimum Gasteiger partial charge on any atom is -0.319 e. The van der Waals surface area contributed by atoms with Crippen molar-refractivity contribution < 1.29 is 9.59 Å². The van der Waals surface area contributed by atoms with E-state index in [1.807, 2.05) is 31.4 Å². The molecule has 2 aromatic rings. The summed E-state index contributed by atoms with van der Waals surface area (Å²) < 4.78 is 0. The Morgan fingerprint density at radius 3 is 2.71 bits per heavy atom. The molecule has 1 N–H and O–H groups in total. The van der Waals surface area contributed by atoms with E-state index < -0.39 is 5.54 Å². The second kappa shape index (κ2) is 4.92. The Morgan fingerprint density at radius 2 is 2.14 bits per heavy atom. The first-order chi connectivity index (χ1) is 9.91. The maximum absolute atomic E-state index is 12.7. The zero-order valence-electron chi connectivity index (χ0n) is 12.0. The van der Waals surface area contributed by atoms with Gasteiger partial charge in [0.15, 0.2) is 5.54 Å². The fourth-order valence-corrected chi connectivity index (χ4v) is 4.07. The number of nitrogens with zero attached hydrogens (tertiary/aromatic N) is 2. The lowest BCUT2D eigenvalue weighted by Crippen LogP contribution is -2.40. The lowest BCUT2D eigenvalue weighted by Gasteiger charge is -2.19. The van der Waals surface area contributed by atoms with E-state index in [-0.39, 0.29) is 18.5 Å². The second-order valence-electron chi connectivity index (χ2n) is 5.17. The summed E-state index contributed by atoms with van der Waals surface area (Å²) >= 11 is 2.98. The van der Waals surface area contributed by atoms with E-state index in [0.29, 0.717) is 0 Å². The normalized spacial score (nSPS) is 22.0. The van der Waals surface area contributed by atoms with E-state index >= 15 is 0 Å². The highest BCUT2D eigenvalue weighted by atomic mass is 32.1. The standard InChI is InChI=1S/C14H15N3O2S2/c1-8-9(2)21-11(15-8)7-17-12(18)14(3,16-13(17)19)10-5-4-6-20-10/h4-6H,7H2,1-3H3,(H,16,19). The summed E-state index contributed by atoms with van der Waals surface area (Å²) in [6.07, 6.45) is 0. The van der Waals surface area contributed by atoms with Gasteiger partial charge in [-0.25, -0.2) is 9.78 Å². The average molecular weight is 321 g/mol. The van der Waals surface area contributed by atoms with Gasteiger partial charge in [0.2, 0.25) is 0 Å². The fraction of sp³-hybridized carbons (Fsp3) is 0.357. The van der Waals surface area contributed by atoms with Crippen LogP contribution in [0.25, 0.3) is 0 Å². The summed E-state index contributed by atoms with van der Waals surface area (Å²) in [5, 5.41) is 5.48. The molecular weight excluding hydrogens is 306 g/mol. The number of nitrogens with one attached hydrogen (secondary N) is 1. The predicted octanol–water partition coefficient (Wildman–Crippen LogP) is 2.79. The van der Waals surface area contributed by atoms with Crippen LogP contribution in [0.5, 0.6) is 0 Å².